The van der Waals surface area contributed by atoms with E-state index in [1.165, 1.54) is 0 Å². The van der Waals surface area contributed by atoms with Crippen LogP contribution in [-0.4, -0.2) is 64.2 Å². The van der Waals surface area contributed by atoms with Gasteiger partial charge in [0.15, 0.2) is 11.5 Å². The number of aryl methyl sites for hydroxylation is 2. The number of imidazole rings is 1. The highest BCUT2D eigenvalue weighted by molar-refractivity contribution is 5.80. The molecule has 3 aliphatic rings. The summed E-state index contributed by atoms with van der Waals surface area (Å²) >= 11 is 0. The van der Waals surface area contributed by atoms with E-state index in [1.807, 2.05) is 43.3 Å². The molecule has 4 aromatic rings. The number of aliphatic hydroxyl groups excluding tert-OH is 1. The zero-order valence-electron chi connectivity index (χ0n) is 21.7. The number of nitrogens with two attached hydrogens (primary N) is 1. The Morgan fingerprint density at radius 1 is 1.08 bits per heavy atom. The van der Waals surface area contributed by atoms with E-state index < -0.39 is 6.61 Å². The van der Waals surface area contributed by atoms with Gasteiger partial charge in [-0.15, -0.1) is 0 Å². The van der Waals surface area contributed by atoms with E-state index in [1.54, 1.807) is 4.52 Å². The number of nitrogens with one attached hydrogen (secondary N) is 1. The van der Waals surface area contributed by atoms with Gasteiger partial charge in [-0.1, -0.05) is 6.07 Å². The number of hydrogen-bond donors (Lipinski definition) is 3. The number of rotatable bonds is 5. The van der Waals surface area contributed by atoms with Crippen molar-refractivity contribution in [3.63, 3.8) is 0 Å². The van der Waals surface area contributed by atoms with Crippen molar-refractivity contribution in [1.82, 2.24) is 34.4 Å². The van der Waals surface area contributed by atoms with Gasteiger partial charge in [0.25, 0.3) is 0 Å². The highest BCUT2D eigenvalue weighted by Crippen LogP contribution is 2.50. The average Bonchev–Trinajstić information content (AvgIpc) is 3.49. The summed E-state index contributed by atoms with van der Waals surface area (Å²) in [6.07, 6.45) is 9.56. The lowest BCUT2D eigenvalue weighted by atomic mass is 9.85. The Morgan fingerprint density at radius 3 is 2.45 bits per heavy atom. The van der Waals surface area contributed by atoms with Gasteiger partial charge in [-0.25, -0.2) is 9.97 Å². The predicted octanol–water partition coefficient (Wildman–Crippen LogP) is 3.49. The van der Waals surface area contributed by atoms with E-state index in [9.17, 15) is 9.90 Å². The summed E-state index contributed by atoms with van der Waals surface area (Å²) in [5.41, 5.74) is 14.3. The molecule has 4 N–H and O–H groups in total. The van der Waals surface area contributed by atoms with Crippen LogP contribution in [0, 0.1) is 13.8 Å². The molecule has 4 aromatic heterocycles. The third-order valence-electron chi connectivity index (χ3n) is 8.72. The number of carbonyl (C=O) groups is 1. The van der Waals surface area contributed by atoms with Gasteiger partial charge in [-0.2, -0.15) is 9.61 Å². The van der Waals surface area contributed by atoms with E-state index in [-0.39, 0.29) is 23.9 Å². The Kier molecular flexibility index (Phi) is 5.30. The Balaban J connectivity index is 1.27. The van der Waals surface area contributed by atoms with Crippen molar-refractivity contribution in [3.05, 3.63) is 47.2 Å². The lowest BCUT2D eigenvalue weighted by Gasteiger charge is -2.39. The number of aromatic nitrogens is 6. The number of hydrogen-bond acceptors (Lipinski definition) is 7. The molecule has 1 aliphatic carbocycles. The third kappa shape index (κ3) is 3.61. The molecule has 10 nitrogen and oxygen atoms in total. The van der Waals surface area contributed by atoms with Crippen molar-refractivity contribution < 1.29 is 9.90 Å². The molecule has 196 valence electrons. The van der Waals surface area contributed by atoms with E-state index >= 15 is 0 Å². The molecule has 0 spiro atoms. The molecule has 3 atom stereocenters. The van der Waals surface area contributed by atoms with Crippen LogP contribution >= 0.6 is 0 Å². The van der Waals surface area contributed by atoms with Crippen LogP contribution in [0.15, 0.2) is 24.5 Å². The normalized spacial score (nSPS) is 22.9. The van der Waals surface area contributed by atoms with Crippen molar-refractivity contribution in [2.45, 2.75) is 76.3 Å². The highest BCUT2D eigenvalue weighted by Gasteiger charge is 2.45. The lowest BCUT2D eigenvalue weighted by Crippen LogP contribution is -2.47. The second-order valence-electron chi connectivity index (χ2n) is 11.1. The van der Waals surface area contributed by atoms with Crippen LogP contribution in [0.3, 0.4) is 0 Å². The number of fused-ring (bicyclic) bond motifs is 3. The molecule has 7 rings (SSSR count). The molecule has 3 fully saturated rings. The summed E-state index contributed by atoms with van der Waals surface area (Å²) in [5, 5.41) is 14.1. The van der Waals surface area contributed by atoms with Gasteiger partial charge in [0.1, 0.15) is 18.1 Å². The average molecular weight is 513 g/mol. The number of H-pyrrole nitrogens is 1. The standard InChI is InChI=1S/C28H32N8O2/c1-14-15(2)33-27(32-14)22-8-5-17(11-30-22)21-12-31-36-26(29)24(16-3-4-16)25(34-28(21)36)18-9-19-6-7-20(10-18)35(19)23(38)13-37/h5,8,11-12,16,18-20,37H,3-4,6-7,9-10,13,29H2,1-2H3,(H,32,33)/t18-,19-,20+. The summed E-state index contributed by atoms with van der Waals surface area (Å²) in [4.78, 5) is 32.1. The first-order chi connectivity index (χ1) is 18.4. The maximum absolute atomic E-state index is 12.4. The second kappa shape index (κ2) is 8.62. The third-order valence-corrected chi connectivity index (χ3v) is 8.72. The van der Waals surface area contributed by atoms with Crippen molar-refractivity contribution in [2.75, 3.05) is 12.3 Å². The minimum absolute atomic E-state index is 0.153. The molecule has 2 bridgehead atoms. The largest absolute Gasteiger partial charge is 0.387 e. The molecule has 38 heavy (non-hydrogen) atoms. The number of anilines is 1. The molecule has 0 unspecified atom stereocenters. The fourth-order valence-corrected chi connectivity index (χ4v) is 6.60. The quantitative estimate of drug-likeness (QED) is 0.372. The molecule has 1 amide bonds. The molecular formula is C28H32N8O2. The Morgan fingerprint density at radius 2 is 1.84 bits per heavy atom. The number of carbonyl (C=O) groups excluding carboxylic acids is 1. The highest BCUT2D eigenvalue weighted by atomic mass is 16.3. The van der Waals surface area contributed by atoms with Crippen molar-refractivity contribution in [2.24, 2.45) is 0 Å². The monoisotopic (exact) mass is 512 g/mol. The number of nitrogen functional groups attached to an aromatic ring is 1. The van der Waals surface area contributed by atoms with Crippen LogP contribution in [0.5, 0.6) is 0 Å². The number of pyridine rings is 1. The first-order valence-electron chi connectivity index (χ1n) is 13.5. The molecule has 0 aromatic carbocycles. The fourth-order valence-electron chi connectivity index (χ4n) is 6.60. The van der Waals surface area contributed by atoms with E-state index in [0.29, 0.717) is 11.7 Å². The van der Waals surface area contributed by atoms with Crippen LogP contribution in [0.25, 0.3) is 28.3 Å². The number of piperidine rings is 1. The van der Waals surface area contributed by atoms with Gasteiger partial charge in [-0.05, 0) is 64.4 Å². The van der Waals surface area contributed by atoms with Gasteiger partial charge in [0, 0.05) is 46.6 Å². The van der Waals surface area contributed by atoms with Gasteiger partial charge >= 0.3 is 0 Å². The molecule has 0 radical (unpaired) electrons. The second-order valence-corrected chi connectivity index (χ2v) is 11.1. The molecule has 1 saturated carbocycles. The Labute approximate surface area is 220 Å². The molecular weight excluding hydrogens is 480 g/mol. The number of amides is 1. The van der Waals surface area contributed by atoms with Crippen LogP contribution < -0.4 is 5.73 Å². The SMILES string of the molecule is Cc1nc(-c2ccc(-c3cnn4c(N)c(C5CC5)c([C@@H]5C[C@H]6CC[C@@H](C5)N6C(=O)CO)nc34)cn2)[nH]c1C. The van der Waals surface area contributed by atoms with Crippen LogP contribution in [-0.2, 0) is 4.79 Å². The van der Waals surface area contributed by atoms with Gasteiger partial charge < -0.3 is 20.7 Å². The number of nitrogens with zero attached hydrogens (tertiary/aromatic N) is 6. The van der Waals surface area contributed by atoms with Crippen molar-refractivity contribution in [1.29, 1.82) is 0 Å². The smallest absolute Gasteiger partial charge is 0.248 e. The van der Waals surface area contributed by atoms with Crippen LogP contribution in [0.1, 0.15) is 73.0 Å². The summed E-state index contributed by atoms with van der Waals surface area (Å²) in [6, 6.07) is 4.29. The first kappa shape index (κ1) is 23.3. The molecule has 10 heteroatoms. The van der Waals surface area contributed by atoms with Crippen molar-refractivity contribution >= 4 is 17.4 Å². The lowest BCUT2D eigenvalue weighted by molar-refractivity contribution is -0.138. The van der Waals surface area contributed by atoms with E-state index in [0.717, 1.165) is 89.5 Å². The van der Waals surface area contributed by atoms with Gasteiger partial charge in [0.2, 0.25) is 5.91 Å². The van der Waals surface area contributed by atoms with Crippen LogP contribution in [0.4, 0.5) is 5.82 Å². The van der Waals surface area contributed by atoms with Gasteiger partial charge in [-0.3, -0.25) is 9.78 Å². The predicted molar refractivity (Wildman–Crippen MR) is 142 cm³/mol. The molecule has 2 aliphatic heterocycles. The Hall–Kier alpha value is -3.79. The van der Waals surface area contributed by atoms with E-state index in [4.69, 9.17) is 10.7 Å². The number of aromatic amines is 1. The maximum atomic E-state index is 12.4. The fraction of sp³-hybridized carbons (Fsp3) is 0.464. The Bertz CT molecular complexity index is 1520. The zero-order chi connectivity index (χ0) is 26.1. The first-order valence-corrected chi connectivity index (χ1v) is 13.5. The van der Waals surface area contributed by atoms with E-state index in [2.05, 4.69) is 20.1 Å². The van der Waals surface area contributed by atoms with Crippen molar-refractivity contribution in [3.8, 4) is 22.6 Å². The topological polar surface area (TPSA) is 138 Å². The summed E-state index contributed by atoms with van der Waals surface area (Å²) in [5.74, 6) is 1.92. The maximum Gasteiger partial charge on any atom is 0.248 e. The summed E-state index contributed by atoms with van der Waals surface area (Å²) in [7, 11) is 0. The van der Waals surface area contributed by atoms with Gasteiger partial charge in [0.05, 0.1) is 17.6 Å². The number of aliphatic hydroxyl groups is 1. The minimum Gasteiger partial charge on any atom is -0.387 e. The summed E-state index contributed by atoms with van der Waals surface area (Å²) < 4.78 is 1.78. The zero-order valence-corrected chi connectivity index (χ0v) is 21.7. The minimum atomic E-state index is -0.423. The molecule has 2 saturated heterocycles. The summed E-state index contributed by atoms with van der Waals surface area (Å²) in [6.45, 7) is 3.56. The molecule has 6 heterocycles. The van der Waals surface area contributed by atoms with Crippen LogP contribution in [0.2, 0.25) is 0 Å².